The Morgan fingerprint density at radius 3 is 2.67 bits per heavy atom. The van der Waals surface area contributed by atoms with Crippen LogP contribution in [-0.2, 0) is 14.3 Å². The Bertz CT molecular complexity index is 834. The molecule has 2 bridgehead atoms. The molecule has 3 heterocycles. The van der Waals surface area contributed by atoms with Gasteiger partial charge in [0.15, 0.2) is 0 Å². The third-order valence-corrected chi connectivity index (χ3v) is 6.59. The SMILES string of the molecule is COc1ccc(N2C[C@@]34C=C[C@@H](O3)[C@@H](C(=O)N[C@@H](C)CCCC(C)C)[C@H]4C2=O)cc1. The lowest BCUT2D eigenvalue weighted by molar-refractivity contribution is -0.132. The average Bonchev–Trinajstić information content (AvgIpc) is 3.36. The minimum Gasteiger partial charge on any atom is -0.497 e. The van der Waals surface area contributed by atoms with Crippen LogP contribution in [0.3, 0.4) is 0 Å². The van der Waals surface area contributed by atoms with Gasteiger partial charge in [-0.05, 0) is 43.5 Å². The summed E-state index contributed by atoms with van der Waals surface area (Å²) in [5.74, 6) is 0.343. The molecule has 2 amide bonds. The molecule has 1 aromatic carbocycles. The smallest absolute Gasteiger partial charge is 0.234 e. The average molecular weight is 413 g/mol. The quantitative estimate of drug-likeness (QED) is 0.665. The second-order valence-corrected chi connectivity index (χ2v) is 9.26. The normalized spacial score (nSPS) is 30.1. The second kappa shape index (κ2) is 8.06. The van der Waals surface area contributed by atoms with Gasteiger partial charge in [0.05, 0.1) is 31.6 Å². The molecule has 4 rings (SSSR count). The van der Waals surface area contributed by atoms with Gasteiger partial charge in [-0.25, -0.2) is 0 Å². The number of hydrogen-bond acceptors (Lipinski definition) is 4. The first kappa shape index (κ1) is 20.9. The van der Waals surface area contributed by atoms with Crippen molar-refractivity contribution in [3.05, 3.63) is 36.4 Å². The Hall–Kier alpha value is -2.34. The van der Waals surface area contributed by atoms with E-state index in [-0.39, 0.29) is 24.0 Å². The molecular formula is C24H32N2O4. The van der Waals surface area contributed by atoms with Crippen LogP contribution in [0.2, 0.25) is 0 Å². The van der Waals surface area contributed by atoms with Gasteiger partial charge in [0.2, 0.25) is 11.8 Å². The minimum atomic E-state index is -0.704. The van der Waals surface area contributed by atoms with Gasteiger partial charge in [0.25, 0.3) is 0 Å². The van der Waals surface area contributed by atoms with Gasteiger partial charge in [-0.15, -0.1) is 0 Å². The zero-order chi connectivity index (χ0) is 21.5. The van der Waals surface area contributed by atoms with Crippen LogP contribution < -0.4 is 15.0 Å². The maximum Gasteiger partial charge on any atom is 0.234 e. The van der Waals surface area contributed by atoms with E-state index in [0.717, 1.165) is 30.7 Å². The van der Waals surface area contributed by atoms with E-state index < -0.39 is 17.4 Å². The van der Waals surface area contributed by atoms with Gasteiger partial charge in [-0.2, -0.15) is 0 Å². The van der Waals surface area contributed by atoms with Crippen LogP contribution in [0.5, 0.6) is 5.75 Å². The summed E-state index contributed by atoms with van der Waals surface area (Å²) in [6.07, 6.45) is 6.80. The lowest BCUT2D eigenvalue weighted by Crippen LogP contribution is -2.46. The number of fused-ring (bicyclic) bond motifs is 1. The van der Waals surface area contributed by atoms with E-state index in [1.165, 1.54) is 0 Å². The van der Waals surface area contributed by atoms with Crippen LogP contribution >= 0.6 is 0 Å². The number of nitrogens with one attached hydrogen (secondary N) is 1. The molecule has 5 atom stereocenters. The Morgan fingerprint density at radius 1 is 1.27 bits per heavy atom. The molecule has 0 unspecified atom stereocenters. The van der Waals surface area contributed by atoms with Crippen molar-refractivity contribution in [1.29, 1.82) is 0 Å². The summed E-state index contributed by atoms with van der Waals surface area (Å²) in [5, 5.41) is 3.14. The maximum absolute atomic E-state index is 13.4. The molecule has 1 N–H and O–H groups in total. The van der Waals surface area contributed by atoms with E-state index >= 15 is 0 Å². The van der Waals surface area contributed by atoms with Crippen LogP contribution in [0.25, 0.3) is 0 Å². The van der Waals surface area contributed by atoms with E-state index in [9.17, 15) is 9.59 Å². The van der Waals surface area contributed by atoms with Gasteiger partial charge in [-0.3, -0.25) is 9.59 Å². The van der Waals surface area contributed by atoms with E-state index in [0.29, 0.717) is 12.5 Å². The van der Waals surface area contributed by atoms with E-state index in [4.69, 9.17) is 9.47 Å². The number of carbonyl (C=O) groups excluding carboxylic acids is 2. The fraction of sp³-hybridized carbons (Fsp3) is 0.583. The lowest BCUT2D eigenvalue weighted by Gasteiger charge is -2.25. The first-order valence-corrected chi connectivity index (χ1v) is 11.0. The monoisotopic (exact) mass is 412 g/mol. The van der Waals surface area contributed by atoms with E-state index in [2.05, 4.69) is 19.2 Å². The Balaban J connectivity index is 1.47. The molecule has 1 aromatic rings. The van der Waals surface area contributed by atoms with Crippen molar-refractivity contribution in [3.8, 4) is 5.75 Å². The van der Waals surface area contributed by atoms with Crippen LogP contribution in [0, 0.1) is 17.8 Å². The number of carbonyl (C=O) groups is 2. The Kier molecular flexibility index (Phi) is 5.62. The van der Waals surface area contributed by atoms with Gasteiger partial charge in [0.1, 0.15) is 11.4 Å². The van der Waals surface area contributed by atoms with Crippen LogP contribution in [0.15, 0.2) is 36.4 Å². The molecule has 2 saturated heterocycles. The summed E-state index contributed by atoms with van der Waals surface area (Å²) < 4.78 is 11.4. The molecular weight excluding hydrogens is 380 g/mol. The number of anilines is 1. The van der Waals surface area contributed by atoms with Crippen molar-refractivity contribution in [2.24, 2.45) is 17.8 Å². The highest BCUT2D eigenvalue weighted by Crippen LogP contribution is 2.52. The van der Waals surface area contributed by atoms with Gasteiger partial charge in [-0.1, -0.05) is 38.8 Å². The van der Waals surface area contributed by atoms with Gasteiger partial charge >= 0.3 is 0 Å². The number of ether oxygens (including phenoxy) is 2. The number of nitrogens with zero attached hydrogens (tertiary/aromatic N) is 1. The molecule has 2 fully saturated rings. The van der Waals surface area contributed by atoms with Crippen molar-refractivity contribution in [2.45, 2.75) is 57.8 Å². The standard InChI is InChI=1S/C24H32N2O4/c1-15(2)6-5-7-16(3)25-22(27)20-19-12-13-24(30-19)14-26(23(28)21(20)24)17-8-10-18(29-4)11-9-17/h8-13,15-16,19-21H,5-7,14H2,1-4H3,(H,25,27)/t16-,19+,20+,21-,24+/m0/s1. The van der Waals surface area contributed by atoms with Crippen molar-refractivity contribution in [2.75, 3.05) is 18.6 Å². The zero-order valence-electron chi connectivity index (χ0n) is 18.3. The summed E-state index contributed by atoms with van der Waals surface area (Å²) >= 11 is 0. The Morgan fingerprint density at radius 2 is 2.00 bits per heavy atom. The summed E-state index contributed by atoms with van der Waals surface area (Å²) in [5.41, 5.74) is 0.0936. The minimum absolute atomic E-state index is 0.0420. The highest BCUT2D eigenvalue weighted by molar-refractivity contribution is 6.03. The van der Waals surface area contributed by atoms with Crippen LogP contribution in [0.1, 0.15) is 40.0 Å². The largest absolute Gasteiger partial charge is 0.497 e. The second-order valence-electron chi connectivity index (χ2n) is 9.26. The molecule has 30 heavy (non-hydrogen) atoms. The third-order valence-electron chi connectivity index (χ3n) is 6.59. The molecule has 3 aliphatic rings. The predicted molar refractivity (Wildman–Crippen MR) is 115 cm³/mol. The Labute approximate surface area is 178 Å². The molecule has 6 nitrogen and oxygen atoms in total. The first-order valence-electron chi connectivity index (χ1n) is 11.0. The molecule has 0 aromatic heterocycles. The highest BCUT2D eigenvalue weighted by atomic mass is 16.5. The summed E-state index contributed by atoms with van der Waals surface area (Å²) in [4.78, 5) is 28.3. The van der Waals surface area contributed by atoms with Crippen LogP contribution in [-0.4, -0.2) is 43.2 Å². The van der Waals surface area contributed by atoms with Crippen molar-refractivity contribution < 1.29 is 19.1 Å². The fourth-order valence-corrected chi connectivity index (χ4v) is 5.02. The maximum atomic E-state index is 13.4. The fourth-order valence-electron chi connectivity index (χ4n) is 5.02. The summed E-state index contributed by atoms with van der Waals surface area (Å²) in [6.45, 7) is 6.89. The topological polar surface area (TPSA) is 67.9 Å². The lowest BCUT2D eigenvalue weighted by atomic mass is 9.76. The van der Waals surface area contributed by atoms with Gasteiger partial charge < -0.3 is 19.7 Å². The molecule has 0 saturated carbocycles. The number of rotatable bonds is 8. The van der Waals surface area contributed by atoms with Crippen molar-refractivity contribution in [1.82, 2.24) is 5.32 Å². The van der Waals surface area contributed by atoms with Crippen LogP contribution in [0.4, 0.5) is 5.69 Å². The van der Waals surface area contributed by atoms with E-state index in [1.54, 1.807) is 12.0 Å². The van der Waals surface area contributed by atoms with Crippen molar-refractivity contribution in [3.63, 3.8) is 0 Å². The molecule has 6 heteroatoms. The number of hydrogen-bond donors (Lipinski definition) is 1. The summed E-state index contributed by atoms with van der Waals surface area (Å²) in [6, 6.07) is 7.51. The van der Waals surface area contributed by atoms with Gasteiger partial charge in [0, 0.05) is 11.7 Å². The van der Waals surface area contributed by atoms with Crippen molar-refractivity contribution >= 4 is 17.5 Å². The summed E-state index contributed by atoms with van der Waals surface area (Å²) in [7, 11) is 1.61. The first-order chi connectivity index (χ1) is 14.3. The molecule has 162 valence electrons. The number of benzene rings is 1. The predicted octanol–water partition coefficient (Wildman–Crippen LogP) is 3.31. The third kappa shape index (κ3) is 3.62. The number of methoxy groups -OCH3 is 1. The molecule has 3 aliphatic heterocycles. The zero-order valence-corrected chi connectivity index (χ0v) is 18.3. The molecule has 1 spiro atoms. The molecule has 0 aliphatic carbocycles. The molecule has 0 radical (unpaired) electrons. The number of amides is 2. The highest BCUT2D eigenvalue weighted by Gasteiger charge is 2.67. The van der Waals surface area contributed by atoms with E-state index in [1.807, 2.05) is 43.3 Å².